The number of thioether (sulfide) groups is 1. The van der Waals surface area contributed by atoms with E-state index in [0.717, 1.165) is 11.3 Å². The van der Waals surface area contributed by atoms with Gasteiger partial charge in [-0.3, -0.25) is 18.7 Å². The van der Waals surface area contributed by atoms with E-state index in [1.165, 1.54) is 27.7 Å². The molecule has 0 aliphatic carbocycles. The zero-order valence-corrected chi connectivity index (χ0v) is 18.2. The van der Waals surface area contributed by atoms with Crippen LogP contribution in [0.25, 0.3) is 16.0 Å². The molecule has 5 nitrogen and oxygen atoms in total. The van der Waals surface area contributed by atoms with Gasteiger partial charge in [-0.05, 0) is 31.3 Å². The number of hydrogen-bond acceptors (Lipinski definition) is 6. The van der Waals surface area contributed by atoms with Crippen LogP contribution in [0.3, 0.4) is 0 Å². The number of ketones is 1. The highest BCUT2D eigenvalue weighted by Crippen LogP contribution is 2.25. The Balaban J connectivity index is 1.72. The molecule has 0 saturated heterocycles. The molecular weight excluding hydrogens is 422 g/mol. The average Bonchev–Trinajstić information content (AvgIpc) is 3.06. The van der Waals surface area contributed by atoms with Crippen LogP contribution in [0, 0.1) is 10.9 Å². The minimum absolute atomic E-state index is 0.00504. The lowest BCUT2D eigenvalue weighted by atomic mass is 10.1. The molecule has 0 saturated carbocycles. The number of aryl methyl sites for hydroxylation is 1. The van der Waals surface area contributed by atoms with Crippen LogP contribution in [0.4, 0.5) is 0 Å². The van der Waals surface area contributed by atoms with Gasteiger partial charge in [0.1, 0.15) is 4.70 Å². The summed E-state index contributed by atoms with van der Waals surface area (Å²) in [6, 6.07) is 17.1. The maximum absolute atomic E-state index is 12.9. The van der Waals surface area contributed by atoms with E-state index in [2.05, 4.69) is 0 Å². The van der Waals surface area contributed by atoms with Gasteiger partial charge in [-0.15, -0.1) is 0 Å². The van der Waals surface area contributed by atoms with Gasteiger partial charge in [-0.1, -0.05) is 71.1 Å². The van der Waals surface area contributed by atoms with Crippen molar-refractivity contribution < 1.29 is 4.79 Å². The van der Waals surface area contributed by atoms with Crippen molar-refractivity contribution >= 4 is 51.4 Å². The fourth-order valence-electron chi connectivity index (χ4n) is 2.90. The molecule has 0 unspecified atom stereocenters. The summed E-state index contributed by atoms with van der Waals surface area (Å²) in [7, 11) is 1.67. The van der Waals surface area contributed by atoms with Crippen molar-refractivity contribution in [1.29, 1.82) is 0 Å². The van der Waals surface area contributed by atoms with Gasteiger partial charge in [0.15, 0.2) is 20.5 Å². The number of fused-ring (bicyclic) bond motifs is 1. The Kier molecular flexibility index (Phi) is 5.49. The first-order valence-corrected chi connectivity index (χ1v) is 11.1. The van der Waals surface area contributed by atoms with Crippen molar-refractivity contribution in [3.05, 3.63) is 80.0 Å². The second kappa shape index (κ2) is 8.06. The minimum Gasteiger partial charge on any atom is -0.293 e. The predicted molar refractivity (Wildman–Crippen MR) is 121 cm³/mol. The highest BCUT2D eigenvalue weighted by atomic mass is 32.2. The van der Waals surface area contributed by atoms with Gasteiger partial charge in [-0.25, -0.2) is 4.98 Å². The molecule has 0 atom stereocenters. The topological polar surface area (TPSA) is 56.9 Å². The molecule has 0 amide bonds. The maximum atomic E-state index is 12.9. The quantitative estimate of drug-likeness (QED) is 0.194. The predicted octanol–water partition coefficient (Wildman–Crippen LogP) is 4.80. The van der Waals surface area contributed by atoms with E-state index in [1.54, 1.807) is 7.05 Å². The number of Topliss-reactive ketones (excluding diaryl/α,β-unsaturated/α-hetero) is 1. The number of para-hydroxylation sites is 1. The van der Waals surface area contributed by atoms with Crippen molar-refractivity contribution in [2.24, 2.45) is 7.05 Å². The zero-order chi connectivity index (χ0) is 20.5. The fourth-order valence-corrected chi connectivity index (χ4v) is 5.10. The first kappa shape index (κ1) is 19.8. The Hall–Kier alpha value is -2.55. The van der Waals surface area contributed by atoms with Gasteiger partial charge in [0.25, 0.3) is 5.56 Å². The molecule has 0 fully saturated rings. The van der Waals surface area contributed by atoms with E-state index in [1.807, 2.05) is 66.1 Å². The van der Waals surface area contributed by atoms with E-state index < -0.39 is 0 Å². The maximum Gasteiger partial charge on any atom is 0.273 e. The Morgan fingerprint density at radius 2 is 1.83 bits per heavy atom. The van der Waals surface area contributed by atoms with Crippen LogP contribution in [-0.2, 0) is 7.05 Å². The van der Waals surface area contributed by atoms with Crippen molar-refractivity contribution in [1.82, 2.24) is 14.1 Å². The smallest absolute Gasteiger partial charge is 0.273 e. The molecule has 8 heteroatoms. The molecule has 146 valence electrons. The number of rotatable bonds is 5. The lowest BCUT2D eigenvalue weighted by Crippen LogP contribution is -2.20. The summed E-state index contributed by atoms with van der Waals surface area (Å²) in [4.78, 5) is 30.1. The highest BCUT2D eigenvalue weighted by Gasteiger charge is 2.17. The molecule has 0 bridgehead atoms. The SMILES string of the molecule is Cc1ccc(C(=O)CSc2nc3c(sc(=S)n3-c3ccccc3)c(=O)n2C)cc1. The largest absolute Gasteiger partial charge is 0.293 e. The van der Waals surface area contributed by atoms with E-state index >= 15 is 0 Å². The summed E-state index contributed by atoms with van der Waals surface area (Å²) >= 11 is 8.00. The van der Waals surface area contributed by atoms with Crippen molar-refractivity contribution in [3.8, 4) is 5.69 Å². The van der Waals surface area contributed by atoms with Crippen molar-refractivity contribution in [3.63, 3.8) is 0 Å². The zero-order valence-electron chi connectivity index (χ0n) is 15.8. The fraction of sp³-hybridized carbons (Fsp3) is 0.143. The normalized spacial score (nSPS) is 11.1. The lowest BCUT2D eigenvalue weighted by Gasteiger charge is -2.09. The van der Waals surface area contributed by atoms with Crippen molar-refractivity contribution in [2.75, 3.05) is 5.75 Å². The summed E-state index contributed by atoms with van der Waals surface area (Å²) in [6.07, 6.45) is 0. The van der Waals surface area contributed by atoms with Gasteiger partial charge >= 0.3 is 0 Å². The van der Waals surface area contributed by atoms with Crippen LogP contribution in [-0.4, -0.2) is 25.7 Å². The van der Waals surface area contributed by atoms with Crippen LogP contribution >= 0.6 is 35.3 Å². The van der Waals surface area contributed by atoms with Crippen LogP contribution in [0.15, 0.2) is 64.5 Å². The molecule has 4 aromatic rings. The van der Waals surface area contributed by atoms with Crippen molar-refractivity contribution in [2.45, 2.75) is 12.1 Å². The number of carbonyl (C=O) groups is 1. The van der Waals surface area contributed by atoms with Gasteiger partial charge in [0.2, 0.25) is 0 Å². The Morgan fingerprint density at radius 3 is 2.52 bits per heavy atom. The third-order valence-electron chi connectivity index (χ3n) is 4.49. The minimum atomic E-state index is -0.161. The van der Waals surface area contributed by atoms with Crippen LogP contribution in [0.5, 0.6) is 0 Å². The van der Waals surface area contributed by atoms with Gasteiger partial charge in [-0.2, -0.15) is 0 Å². The van der Waals surface area contributed by atoms with Gasteiger partial charge in [0, 0.05) is 18.3 Å². The number of carbonyl (C=O) groups excluding carboxylic acids is 1. The average molecular weight is 440 g/mol. The number of benzene rings is 2. The van der Waals surface area contributed by atoms with Crippen LogP contribution in [0.2, 0.25) is 0 Å². The Bertz CT molecular complexity index is 1320. The Labute approximate surface area is 180 Å². The second-order valence-electron chi connectivity index (χ2n) is 6.53. The van der Waals surface area contributed by atoms with Gasteiger partial charge in [0.05, 0.1) is 5.75 Å². The number of aromatic nitrogens is 3. The molecule has 2 aromatic heterocycles. The molecule has 0 aliphatic rings. The van der Waals surface area contributed by atoms with E-state index in [9.17, 15) is 9.59 Å². The van der Waals surface area contributed by atoms with Crippen LogP contribution < -0.4 is 5.56 Å². The summed E-state index contributed by atoms with van der Waals surface area (Å²) in [5, 5.41) is 0.487. The van der Waals surface area contributed by atoms with E-state index in [0.29, 0.717) is 25.0 Å². The first-order valence-electron chi connectivity index (χ1n) is 8.86. The molecular formula is C21H17N3O2S3. The molecule has 0 N–H and O–H groups in total. The molecule has 4 rings (SSSR count). The Morgan fingerprint density at radius 1 is 1.14 bits per heavy atom. The second-order valence-corrected chi connectivity index (χ2v) is 9.11. The summed E-state index contributed by atoms with van der Waals surface area (Å²) in [6.45, 7) is 1.98. The standard InChI is InChI=1S/C21H17N3O2S3/c1-13-8-10-14(11-9-13)16(25)12-28-20-22-18-17(19(26)23(20)2)29-21(27)24(18)15-6-4-3-5-7-15/h3-11H,12H2,1-2H3. The summed E-state index contributed by atoms with van der Waals surface area (Å²) in [5.74, 6) is 0.194. The number of nitrogens with zero attached hydrogens (tertiary/aromatic N) is 3. The summed E-state index contributed by atoms with van der Waals surface area (Å²) < 4.78 is 4.36. The van der Waals surface area contributed by atoms with E-state index in [4.69, 9.17) is 17.2 Å². The van der Waals surface area contributed by atoms with E-state index in [-0.39, 0.29) is 17.1 Å². The first-order chi connectivity index (χ1) is 14.0. The summed E-state index contributed by atoms with van der Waals surface area (Å²) in [5.41, 5.74) is 2.98. The highest BCUT2D eigenvalue weighted by molar-refractivity contribution is 7.99. The third kappa shape index (κ3) is 3.83. The molecule has 0 aliphatic heterocycles. The number of hydrogen-bond donors (Lipinski definition) is 0. The van der Waals surface area contributed by atoms with Gasteiger partial charge < -0.3 is 0 Å². The molecule has 0 spiro atoms. The number of thiazole rings is 1. The monoisotopic (exact) mass is 439 g/mol. The molecule has 2 heterocycles. The van der Waals surface area contributed by atoms with Crippen LogP contribution in [0.1, 0.15) is 15.9 Å². The lowest BCUT2D eigenvalue weighted by molar-refractivity contribution is 0.102. The third-order valence-corrected chi connectivity index (χ3v) is 6.88. The molecule has 0 radical (unpaired) electrons. The molecule has 29 heavy (non-hydrogen) atoms. The molecule has 2 aromatic carbocycles.